The van der Waals surface area contributed by atoms with Crippen LogP contribution in [-0.2, 0) is 6.42 Å². The fourth-order valence-corrected chi connectivity index (χ4v) is 8.08. The molecule has 1 heterocycles. The molecule has 0 amide bonds. The van der Waals surface area contributed by atoms with E-state index in [2.05, 4.69) is 115 Å². The van der Waals surface area contributed by atoms with E-state index >= 15 is 0 Å². The van der Waals surface area contributed by atoms with E-state index in [1.54, 1.807) is 5.57 Å². The van der Waals surface area contributed by atoms with Crippen LogP contribution in [0.2, 0.25) is 0 Å². The van der Waals surface area contributed by atoms with Crippen LogP contribution in [0, 0.1) is 0 Å². The smallest absolute Gasteiger partial charge is 0.0349 e. The highest BCUT2D eigenvalue weighted by Gasteiger charge is 2.31. The lowest BCUT2D eigenvalue weighted by atomic mass is 9.70. The third kappa shape index (κ3) is 3.79. The van der Waals surface area contributed by atoms with Crippen LogP contribution in [0.15, 0.2) is 121 Å². The molecule has 0 spiro atoms. The fraction of sp³-hybridized carbons (Fsp3) is 0.158. The monoisotopic (exact) mass is 518 g/mol. The summed E-state index contributed by atoms with van der Waals surface area (Å²) >= 11 is 1.92. The van der Waals surface area contributed by atoms with Gasteiger partial charge in [0.05, 0.1) is 0 Å². The van der Waals surface area contributed by atoms with Gasteiger partial charge in [-0.25, -0.2) is 0 Å². The summed E-state index contributed by atoms with van der Waals surface area (Å²) in [4.78, 5) is 2.76. The Bertz CT molecular complexity index is 1870. The van der Waals surface area contributed by atoms with Crippen molar-refractivity contribution in [3.8, 4) is 10.4 Å². The predicted molar refractivity (Wildman–Crippen MR) is 169 cm³/mol. The molecule has 1 aromatic heterocycles. The maximum Gasteiger partial charge on any atom is 0.0349 e. The van der Waals surface area contributed by atoms with Gasteiger partial charge in [0.2, 0.25) is 0 Å². The molecule has 0 aliphatic heterocycles. The molecule has 0 saturated heterocycles. The number of hydrogen-bond donors (Lipinski definition) is 0. The number of thiophene rings is 1. The van der Waals surface area contributed by atoms with Gasteiger partial charge in [-0.2, -0.15) is 0 Å². The maximum absolute atomic E-state index is 2.43. The first-order valence-corrected chi connectivity index (χ1v) is 15.1. The Labute approximate surface area is 234 Å². The van der Waals surface area contributed by atoms with E-state index in [9.17, 15) is 0 Å². The second-order valence-electron chi connectivity index (χ2n) is 11.0. The summed E-state index contributed by atoms with van der Waals surface area (Å²) in [5.74, 6) is 0.390. The van der Waals surface area contributed by atoms with Crippen LogP contribution in [0.4, 0.5) is 0 Å². The third-order valence-corrected chi connectivity index (χ3v) is 10.1. The van der Waals surface area contributed by atoms with Crippen LogP contribution >= 0.6 is 11.3 Å². The molecule has 0 fully saturated rings. The molecular formula is C38H30S. The standard InChI is InChI=1S/C38H30S/c1-2-10-26(11-3-1)36-22-23-37(39-36)27-20-18-25(19-21-27)34-24-35-30-14-5-4-12-28(30)29-13-6-8-16-32(29)38(35)33-17-9-7-15-31(33)34/h1-2,4-8,10,12-16,18-23,34H,3,9,11,17,24H2. The average Bonchev–Trinajstić information content (AvgIpc) is 3.52. The van der Waals surface area contributed by atoms with Crippen LogP contribution in [0.1, 0.15) is 53.2 Å². The van der Waals surface area contributed by atoms with Crippen molar-refractivity contribution in [1.29, 1.82) is 0 Å². The Morgan fingerprint density at radius 3 is 2.15 bits per heavy atom. The number of fused-ring (bicyclic) bond motifs is 7. The predicted octanol–water partition coefficient (Wildman–Crippen LogP) is 10.9. The lowest BCUT2D eigenvalue weighted by Gasteiger charge is -2.33. The summed E-state index contributed by atoms with van der Waals surface area (Å²) in [7, 11) is 0. The summed E-state index contributed by atoms with van der Waals surface area (Å²) in [5, 5.41) is 5.60. The zero-order chi connectivity index (χ0) is 25.8. The van der Waals surface area contributed by atoms with Gasteiger partial charge in [-0.15, -0.1) is 11.3 Å². The highest BCUT2D eigenvalue weighted by atomic mass is 32.1. The van der Waals surface area contributed by atoms with Gasteiger partial charge >= 0.3 is 0 Å². The highest BCUT2D eigenvalue weighted by Crippen LogP contribution is 2.49. The van der Waals surface area contributed by atoms with E-state index in [-0.39, 0.29) is 0 Å². The first-order chi connectivity index (χ1) is 19.3. The summed E-state index contributed by atoms with van der Waals surface area (Å²) in [6.45, 7) is 0. The SMILES string of the molecule is C1=CCCC(c2ccc(-c3ccc(C4Cc5c(c6ccccc6c6ccccc56)C5=C4C=CCC5)cc3)s2)=C1. The van der Waals surface area contributed by atoms with Gasteiger partial charge in [0.1, 0.15) is 0 Å². The second-order valence-corrected chi connectivity index (χ2v) is 12.1. The van der Waals surface area contributed by atoms with Crippen molar-refractivity contribution in [2.75, 3.05) is 0 Å². The molecular weight excluding hydrogens is 488 g/mol. The number of hydrogen-bond acceptors (Lipinski definition) is 1. The molecule has 1 unspecified atom stereocenters. The molecule has 0 N–H and O–H groups in total. The number of benzene rings is 4. The van der Waals surface area contributed by atoms with E-state index in [4.69, 9.17) is 0 Å². The van der Waals surface area contributed by atoms with Crippen LogP contribution < -0.4 is 0 Å². The molecule has 1 heteroatoms. The van der Waals surface area contributed by atoms with Crippen LogP contribution in [0.25, 0.3) is 43.1 Å². The lowest BCUT2D eigenvalue weighted by molar-refractivity contribution is 0.780. The normalized spacial score (nSPS) is 18.4. The second kappa shape index (κ2) is 9.36. The van der Waals surface area contributed by atoms with Gasteiger partial charge in [-0.3, -0.25) is 0 Å². The number of allylic oxidation sites excluding steroid dienone is 8. The quantitative estimate of drug-likeness (QED) is 0.208. The highest BCUT2D eigenvalue weighted by molar-refractivity contribution is 7.16. The zero-order valence-corrected chi connectivity index (χ0v) is 22.8. The molecule has 4 aromatic carbocycles. The van der Waals surface area contributed by atoms with Crippen molar-refractivity contribution in [2.24, 2.45) is 0 Å². The van der Waals surface area contributed by atoms with Crippen molar-refractivity contribution < 1.29 is 0 Å². The van der Waals surface area contributed by atoms with Gasteiger partial charge in [-0.05, 0) is 105 Å². The molecule has 3 aliphatic rings. The van der Waals surface area contributed by atoms with Crippen molar-refractivity contribution in [3.63, 3.8) is 0 Å². The van der Waals surface area contributed by atoms with Gasteiger partial charge in [-0.1, -0.05) is 103 Å². The van der Waals surface area contributed by atoms with Crippen molar-refractivity contribution in [1.82, 2.24) is 0 Å². The molecule has 188 valence electrons. The van der Waals surface area contributed by atoms with E-state index in [0.29, 0.717) is 5.92 Å². The molecule has 0 radical (unpaired) electrons. The van der Waals surface area contributed by atoms with E-state index < -0.39 is 0 Å². The summed E-state index contributed by atoms with van der Waals surface area (Å²) in [6.07, 6.45) is 17.1. The molecule has 1 atom stereocenters. The molecule has 5 aromatic rings. The number of rotatable bonds is 3. The lowest BCUT2D eigenvalue weighted by Crippen LogP contribution is -2.16. The average molecular weight is 519 g/mol. The topological polar surface area (TPSA) is 0 Å². The third-order valence-electron chi connectivity index (χ3n) is 8.87. The van der Waals surface area contributed by atoms with Crippen molar-refractivity contribution in [3.05, 3.63) is 142 Å². The molecule has 8 rings (SSSR count). The Morgan fingerprint density at radius 2 is 1.36 bits per heavy atom. The first kappa shape index (κ1) is 23.0. The van der Waals surface area contributed by atoms with Gasteiger partial charge in [0.15, 0.2) is 0 Å². The molecule has 3 aliphatic carbocycles. The van der Waals surface area contributed by atoms with Crippen molar-refractivity contribution in [2.45, 2.75) is 38.0 Å². The first-order valence-electron chi connectivity index (χ1n) is 14.2. The van der Waals surface area contributed by atoms with Gasteiger partial charge < -0.3 is 0 Å². The van der Waals surface area contributed by atoms with E-state index in [0.717, 1.165) is 32.1 Å². The molecule has 0 bridgehead atoms. The molecule has 0 nitrogen and oxygen atoms in total. The summed E-state index contributed by atoms with van der Waals surface area (Å²) < 4.78 is 0. The van der Waals surface area contributed by atoms with Crippen molar-refractivity contribution >= 4 is 44.0 Å². The Balaban J connectivity index is 1.22. The molecule has 0 saturated carbocycles. The van der Waals surface area contributed by atoms with E-state index in [1.807, 2.05) is 11.3 Å². The van der Waals surface area contributed by atoms with Crippen LogP contribution in [0.3, 0.4) is 0 Å². The minimum atomic E-state index is 0.390. The van der Waals surface area contributed by atoms with Crippen LogP contribution in [-0.4, -0.2) is 0 Å². The minimum absolute atomic E-state index is 0.390. The van der Waals surface area contributed by atoms with E-state index in [1.165, 1.54) is 64.7 Å². The maximum atomic E-state index is 2.43. The zero-order valence-electron chi connectivity index (χ0n) is 22.0. The van der Waals surface area contributed by atoms with Gasteiger partial charge in [0, 0.05) is 15.7 Å². The Morgan fingerprint density at radius 1 is 0.641 bits per heavy atom. The Kier molecular flexibility index (Phi) is 5.52. The molecule has 39 heavy (non-hydrogen) atoms. The Hall–Kier alpha value is -3.94. The fourth-order valence-electron chi connectivity index (χ4n) is 7.01. The van der Waals surface area contributed by atoms with Gasteiger partial charge in [0.25, 0.3) is 0 Å². The summed E-state index contributed by atoms with van der Waals surface area (Å²) in [5.41, 5.74) is 10.3. The largest absolute Gasteiger partial charge is 0.136 e. The summed E-state index contributed by atoms with van der Waals surface area (Å²) in [6, 6.07) is 32.2. The van der Waals surface area contributed by atoms with Crippen LogP contribution in [0.5, 0.6) is 0 Å². The minimum Gasteiger partial charge on any atom is -0.136 e.